The van der Waals surface area contributed by atoms with Gasteiger partial charge in [-0.1, -0.05) is 48.5 Å². The highest BCUT2D eigenvalue weighted by Crippen LogP contribution is 2.36. The SMILES string of the molecule is CC(C)(C)OC(=O)N1[C@@H]([C@@H](O)c2ccccc2C(=O)NCc2ccccc2)COC1(C)C. The van der Waals surface area contributed by atoms with Crippen LogP contribution in [0.2, 0.25) is 0 Å². The summed E-state index contributed by atoms with van der Waals surface area (Å²) in [7, 11) is 0. The first-order valence-corrected chi connectivity index (χ1v) is 10.7. The van der Waals surface area contributed by atoms with E-state index in [4.69, 9.17) is 9.47 Å². The molecule has 0 radical (unpaired) electrons. The van der Waals surface area contributed by atoms with E-state index in [9.17, 15) is 14.7 Å². The molecule has 0 unspecified atom stereocenters. The van der Waals surface area contributed by atoms with Crippen LogP contribution in [0, 0.1) is 0 Å². The number of amides is 2. The molecule has 32 heavy (non-hydrogen) atoms. The summed E-state index contributed by atoms with van der Waals surface area (Å²) < 4.78 is 11.4. The Hall–Kier alpha value is -2.90. The number of hydrogen-bond donors (Lipinski definition) is 2. The van der Waals surface area contributed by atoms with Gasteiger partial charge in [0.2, 0.25) is 0 Å². The van der Waals surface area contributed by atoms with Gasteiger partial charge in [0.05, 0.1) is 12.6 Å². The van der Waals surface area contributed by atoms with Crippen molar-refractivity contribution in [1.82, 2.24) is 10.2 Å². The summed E-state index contributed by atoms with van der Waals surface area (Å²) in [6, 6.07) is 15.7. The molecule has 1 saturated heterocycles. The van der Waals surface area contributed by atoms with Crippen LogP contribution in [0.3, 0.4) is 0 Å². The van der Waals surface area contributed by atoms with Gasteiger partial charge in [-0.05, 0) is 51.8 Å². The van der Waals surface area contributed by atoms with Crippen LogP contribution in [0.5, 0.6) is 0 Å². The van der Waals surface area contributed by atoms with Crippen LogP contribution in [0.15, 0.2) is 54.6 Å². The van der Waals surface area contributed by atoms with Crippen molar-refractivity contribution in [2.24, 2.45) is 0 Å². The summed E-state index contributed by atoms with van der Waals surface area (Å²) in [6.45, 7) is 9.34. The van der Waals surface area contributed by atoms with Crippen molar-refractivity contribution >= 4 is 12.0 Å². The van der Waals surface area contributed by atoms with Gasteiger partial charge in [-0.2, -0.15) is 0 Å². The normalized spacial score (nSPS) is 18.8. The molecule has 7 nitrogen and oxygen atoms in total. The highest BCUT2D eigenvalue weighted by molar-refractivity contribution is 5.95. The van der Waals surface area contributed by atoms with Crippen molar-refractivity contribution in [1.29, 1.82) is 0 Å². The second-order valence-electron chi connectivity index (χ2n) is 9.38. The lowest BCUT2D eigenvalue weighted by Gasteiger charge is -2.36. The van der Waals surface area contributed by atoms with E-state index in [0.717, 1.165) is 5.56 Å². The summed E-state index contributed by atoms with van der Waals surface area (Å²) in [5, 5.41) is 14.2. The summed E-state index contributed by atoms with van der Waals surface area (Å²) in [6.07, 6.45) is -1.71. The highest BCUT2D eigenvalue weighted by Gasteiger charge is 2.49. The number of hydrogen-bond acceptors (Lipinski definition) is 5. The number of benzene rings is 2. The summed E-state index contributed by atoms with van der Waals surface area (Å²) in [4.78, 5) is 27.3. The second-order valence-corrected chi connectivity index (χ2v) is 9.38. The zero-order valence-corrected chi connectivity index (χ0v) is 19.3. The molecule has 2 atom stereocenters. The Morgan fingerprint density at radius 1 is 1.16 bits per heavy atom. The lowest BCUT2D eigenvalue weighted by molar-refractivity contribution is -0.0679. The molecule has 0 aliphatic carbocycles. The van der Waals surface area contributed by atoms with Gasteiger partial charge in [0, 0.05) is 12.1 Å². The number of rotatable bonds is 5. The maximum Gasteiger partial charge on any atom is 0.413 e. The third-order valence-corrected chi connectivity index (χ3v) is 5.29. The first kappa shape index (κ1) is 23.8. The number of carbonyl (C=O) groups is 2. The molecule has 0 bridgehead atoms. The summed E-state index contributed by atoms with van der Waals surface area (Å²) >= 11 is 0. The van der Waals surface area contributed by atoms with Gasteiger partial charge in [0.25, 0.3) is 5.91 Å². The average molecular weight is 441 g/mol. The molecule has 172 valence electrons. The molecule has 1 aliphatic rings. The molecule has 3 rings (SSSR count). The summed E-state index contributed by atoms with van der Waals surface area (Å²) in [5.41, 5.74) is 0.0996. The number of carbonyl (C=O) groups excluding carboxylic acids is 2. The van der Waals surface area contributed by atoms with Gasteiger partial charge in [0.15, 0.2) is 0 Å². The van der Waals surface area contributed by atoms with Crippen LogP contribution < -0.4 is 5.32 Å². The standard InChI is InChI=1S/C25H32N2O5/c1-24(2,3)32-23(30)27-20(16-31-25(27,4)5)21(28)18-13-9-10-14-19(18)22(29)26-15-17-11-7-6-8-12-17/h6-14,20-21,28H,15-16H2,1-5H3,(H,26,29)/t20-,21+/m1/s1. The van der Waals surface area contributed by atoms with E-state index in [-0.39, 0.29) is 12.5 Å². The fourth-order valence-electron chi connectivity index (χ4n) is 3.77. The highest BCUT2D eigenvalue weighted by atomic mass is 16.6. The van der Waals surface area contributed by atoms with Crippen molar-refractivity contribution in [3.8, 4) is 0 Å². The molecule has 0 spiro atoms. The second kappa shape index (κ2) is 9.30. The van der Waals surface area contributed by atoms with E-state index in [0.29, 0.717) is 17.7 Å². The minimum atomic E-state index is -1.14. The Morgan fingerprint density at radius 2 is 1.78 bits per heavy atom. The Balaban J connectivity index is 1.83. The van der Waals surface area contributed by atoms with Crippen molar-refractivity contribution in [3.63, 3.8) is 0 Å². The zero-order chi connectivity index (χ0) is 23.5. The van der Waals surface area contributed by atoms with Gasteiger partial charge < -0.3 is 19.9 Å². The quantitative estimate of drug-likeness (QED) is 0.733. The van der Waals surface area contributed by atoms with Gasteiger partial charge >= 0.3 is 6.09 Å². The molecule has 0 saturated carbocycles. The fraction of sp³-hybridized carbons (Fsp3) is 0.440. The molecular formula is C25H32N2O5. The van der Waals surface area contributed by atoms with E-state index in [1.807, 2.05) is 30.3 Å². The molecule has 1 aliphatic heterocycles. The van der Waals surface area contributed by atoms with E-state index in [1.54, 1.807) is 58.9 Å². The molecule has 2 amide bonds. The molecule has 2 aromatic carbocycles. The summed E-state index contributed by atoms with van der Waals surface area (Å²) in [5.74, 6) is -0.300. The molecule has 1 fully saturated rings. The van der Waals surface area contributed by atoms with Gasteiger partial charge in [0.1, 0.15) is 17.4 Å². The van der Waals surface area contributed by atoms with E-state index >= 15 is 0 Å². The largest absolute Gasteiger partial charge is 0.444 e. The average Bonchev–Trinajstić information content (AvgIpc) is 3.06. The number of aliphatic hydroxyl groups is 1. The minimum Gasteiger partial charge on any atom is -0.444 e. The van der Waals surface area contributed by atoms with Gasteiger partial charge in [-0.25, -0.2) is 4.79 Å². The van der Waals surface area contributed by atoms with Crippen LogP contribution >= 0.6 is 0 Å². The molecule has 2 N–H and O–H groups in total. The molecular weight excluding hydrogens is 408 g/mol. The van der Waals surface area contributed by atoms with E-state index in [1.165, 1.54) is 4.90 Å². The van der Waals surface area contributed by atoms with Crippen LogP contribution in [-0.2, 0) is 16.0 Å². The van der Waals surface area contributed by atoms with Crippen molar-refractivity contribution in [3.05, 3.63) is 71.3 Å². The first-order chi connectivity index (χ1) is 15.0. The van der Waals surface area contributed by atoms with Crippen LogP contribution in [0.1, 0.15) is 62.2 Å². The van der Waals surface area contributed by atoms with Gasteiger partial charge in [-0.3, -0.25) is 9.69 Å². The lowest BCUT2D eigenvalue weighted by Crippen LogP contribution is -2.51. The molecule has 0 aromatic heterocycles. The minimum absolute atomic E-state index is 0.118. The van der Waals surface area contributed by atoms with E-state index < -0.39 is 29.6 Å². The number of ether oxygens (including phenoxy) is 2. The van der Waals surface area contributed by atoms with Crippen LogP contribution in [-0.4, -0.2) is 46.0 Å². The van der Waals surface area contributed by atoms with E-state index in [2.05, 4.69) is 5.32 Å². The number of nitrogens with one attached hydrogen (secondary N) is 1. The first-order valence-electron chi connectivity index (χ1n) is 10.7. The fourth-order valence-corrected chi connectivity index (χ4v) is 3.77. The monoisotopic (exact) mass is 440 g/mol. The Labute approximate surface area is 189 Å². The Morgan fingerprint density at radius 3 is 2.44 bits per heavy atom. The maximum absolute atomic E-state index is 12.9. The van der Waals surface area contributed by atoms with Crippen LogP contribution in [0.25, 0.3) is 0 Å². The predicted molar refractivity (Wildman–Crippen MR) is 121 cm³/mol. The molecule has 7 heteroatoms. The van der Waals surface area contributed by atoms with Crippen LogP contribution in [0.4, 0.5) is 4.79 Å². The van der Waals surface area contributed by atoms with Crippen molar-refractivity contribution < 1.29 is 24.2 Å². The third kappa shape index (κ3) is 5.47. The lowest BCUT2D eigenvalue weighted by atomic mass is 9.96. The zero-order valence-electron chi connectivity index (χ0n) is 19.3. The molecule has 1 heterocycles. The Kier molecular flexibility index (Phi) is 6.91. The third-order valence-electron chi connectivity index (χ3n) is 5.29. The Bertz CT molecular complexity index is 952. The smallest absolute Gasteiger partial charge is 0.413 e. The maximum atomic E-state index is 12.9. The number of nitrogens with zero attached hydrogens (tertiary/aromatic N) is 1. The number of aliphatic hydroxyl groups excluding tert-OH is 1. The van der Waals surface area contributed by atoms with Crippen molar-refractivity contribution in [2.45, 2.75) is 64.6 Å². The molecule has 2 aromatic rings. The topological polar surface area (TPSA) is 88.1 Å². The predicted octanol–water partition coefficient (Wildman–Crippen LogP) is 4.02. The van der Waals surface area contributed by atoms with Crippen molar-refractivity contribution in [2.75, 3.05) is 6.61 Å². The van der Waals surface area contributed by atoms with Gasteiger partial charge in [-0.15, -0.1) is 0 Å².